The summed E-state index contributed by atoms with van der Waals surface area (Å²) in [6, 6.07) is 7.83. The van der Waals surface area contributed by atoms with Crippen LogP contribution in [0.4, 0.5) is 5.69 Å². The van der Waals surface area contributed by atoms with Gasteiger partial charge in [0.25, 0.3) is 0 Å². The maximum Gasteiger partial charge on any atom is 0.116 e. The van der Waals surface area contributed by atoms with Crippen molar-refractivity contribution in [2.45, 2.75) is 13.8 Å². The molecule has 1 aromatic carbocycles. The molecule has 12 heavy (non-hydrogen) atoms. The molecule has 0 spiro atoms. The van der Waals surface area contributed by atoms with Gasteiger partial charge in [-0.2, -0.15) is 0 Å². The second kappa shape index (κ2) is 4.26. The van der Waals surface area contributed by atoms with Gasteiger partial charge in [0.1, 0.15) is 11.0 Å². The van der Waals surface area contributed by atoms with E-state index in [1.54, 1.807) is 0 Å². The summed E-state index contributed by atoms with van der Waals surface area (Å²) in [5.74, 6) is 0.633. The van der Waals surface area contributed by atoms with E-state index in [-0.39, 0.29) is 0 Å². The molecule has 3 heteroatoms. The van der Waals surface area contributed by atoms with Gasteiger partial charge in [-0.1, -0.05) is 25.1 Å². The highest BCUT2D eigenvalue weighted by Crippen LogP contribution is 2.13. The molecule has 0 bridgehead atoms. The monoisotopic (exact) mass is 183 g/mol. The van der Waals surface area contributed by atoms with Gasteiger partial charge in [-0.15, -0.1) is 0 Å². The Hall–Kier alpha value is -0.830. The van der Waals surface area contributed by atoms with Gasteiger partial charge in [0.05, 0.1) is 0 Å². The minimum atomic E-state index is -0.938. The zero-order valence-corrected chi connectivity index (χ0v) is 8.15. The Bertz CT molecular complexity index is 286. The van der Waals surface area contributed by atoms with Crippen molar-refractivity contribution in [2.75, 3.05) is 10.5 Å². The topological polar surface area (TPSA) is 29.1 Å². The van der Waals surface area contributed by atoms with Gasteiger partial charge in [-0.05, 0) is 18.6 Å². The minimum Gasteiger partial charge on any atom is -0.305 e. The third-order valence-corrected chi connectivity index (χ3v) is 2.60. The van der Waals surface area contributed by atoms with Crippen LogP contribution in [-0.2, 0) is 11.0 Å². The van der Waals surface area contributed by atoms with Crippen LogP contribution in [-0.4, -0.2) is 9.96 Å². The fourth-order valence-corrected chi connectivity index (χ4v) is 1.50. The third kappa shape index (κ3) is 2.34. The van der Waals surface area contributed by atoms with E-state index in [1.165, 1.54) is 0 Å². The van der Waals surface area contributed by atoms with Gasteiger partial charge < -0.3 is 4.72 Å². The average molecular weight is 183 g/mol. The van der Waals surface area contributed by atoms with Crippen LogP contribution in [0.2, 0.25) is 0 Å². The summed E-state index contributed by atoms with van der Waals surface area (Å²) in [6.07, 6.45) is 0. The largest absolute Gasteiger partial charge is 0.305 e. The van der Waals surface area contributed by atoms with Crippen LogP contribution in [0.15, 0.2) is 24.3 Å². The van der Waals surface area contributed by atoms with Crippen LogP contribution in [0.3, 0.4) is 0 Å². The first kappa shape index (κ1) is 9.26. The van der Waals surface area contributed by atoms with E-state index in [2.05, 4.69) is 4.72 Å². The highest BCUT2D eigenvalue weighted by molar-refractivity contribution is 7.86. The third-order valence-electron chi connectivity index (χ3n) is 1.63. The number of rotatable bonds is 3. The smallest absolute Gasteiger partial charge is 0.116 e. The summed E-state index contributed by atoms with van der Waals surface area (Å²) >= 11 is 0. The Balaban J connectivity index is 2.75. The van der Waals surface area contributed by atoms with E-state index in [0.29, 0.717) is 5.75 Å². The predicted molar refractivity (Wildman–Crippen MR) is 53.5 cm³/mol. The first-order valence-corrected chi connectivity index (χ1v) is 5.26. The molecule has 0 saturated heterocycles. The Kier molecular flexibility index (Phi) is 3.29. The molecule has 1 aromatic rings. The summed E-state index contributed by atoms with van der Waals surface area (Å²) in [4.78, 5) is 0. The lowest BCUT2D eigenvalue weighted by Gasteiger charge is -2.06. The lowest BCUT2D eigenvalue weighted by molar-refractivity contribution is 0.687. The van der Waals surface area contributed by atoms with Gasteiger partial charge >= 0.3 is 0 Å². The van der Waals surface area contributed by atoms with Gasteiger partial charge in [0, 0.05) is 11.4 Å². The molecule has 0 aliphatic heterocycles. The van der Waals surface area contributed by atoms with E-state index in [4.69, 9.17) is 0 Å². The molecule has 0 saturated carbocycles. The molecule has 0 heterocycles. The SMILES string of the molecule is CC[S@](=O)Nc1ccccc1C. The van der Waals surface area contributed by atoms with Crippen molar-refractivity contribution in [3.05, 3.63) is 29.8 Å². The maximum atomic E-state index is 11.1. The highest BCUT2D eigenvalue weighted by atomic mass is 32.2. The predicted octanol–water partition coefficient (Wildman–Crippen LogP) is 2.09. The van der Waals surface area contributed by atoms with Gasteiger partial charge in [-0.3, -0.25) is 0 Å². The average Bonchev–Trinajstić information content (AvgIpc) is 2.09. The highest BCUT2D eigenvalue weighted by Gasteiger charge is 1.98. The fourth-order valence-electron chi connectivity index (χ4n) is 0.882. The summed E-state index contributed by atoms with van der Waals surface area (Å²) in [5, 5.41) is 0. The van der Waals surface area contributed by atoms with Crippen molar-refractivity contribution < 1.29 is 4.21 Å². The molecule has 66 valence electrons. The van der Waals surface area contributed by atoms with Crippen molar-refractivity contribution in [3.63, 3.8) is 0 Å². The quantitative estimate of drug-likeness (QED) is 0.763. The summed E-state index contributed by atoms with van der Waals surface area (Å²) in [7, 11) is -0.938. The molecule has 1 rings (SSSR count). The number of para-hydroxylation sites is 1. The molecule has 1 atom stereocenters. The molecule has 0 aliphatic carbocycles. The molecule has 0 radical (unpaired) electrons. The van der Waals surface area contributed by atoms with Crippen LogP contribution in [0, 0.1) is 6.92 Å². The standard InChI is InChI=1S/C9H13NOS/c1-3-12(11)10-9-7-5-4-6-8(9)2/h4-7,10H,3H2,1-2H3/t12-/m0/s1. The summed E-state index contributed by atoms with van der Waals surface area (Å²) < 4.78 is 14.1. The van der Waals surface area contributed by atoms with E-state index in [9.17, 15) is 4.21 Å². The molecule has 0 aliphatic rings. The van der Waals surface area contributed by atoms with Crippen LogP contribution < -0.4 is 4.72 Å². The Morgan fingerprint density at radius 3 is 2.67 bits per heavy atom. The van der Waals surface area contributed by atoms with E-state index >= 15 is 0 Å². The number of nitrogens with one attached hydrogen (secondary N) is 1. The molecule has 2 nitrogen and oxygen atoms in total. The van der Waals surface area contributed by atoms with Crippen LogP contribution in [0.25, 0.3) is 0 Å². The van der Waals surface area contributed by atoms with Crippen molar-refractivity contribution in [1.82, 2.24) is 0 Å². The van der Waals surface area contributed by atoms with Crippen LogP contribution in [0.5, 0.6) is 0 Å². The Morgan fingerprint density at radius 2 is 2.08 bits per heavy atom. The summed E-state index contributed by atoms with van der Waals surface area (Å²) in [5.41, 5.74) is 2.08. The van der Waals surface area contributed by atoms with Crippen LogP contribution >= 0.6 is 0 Å². The lowest BCUT2D eigenvalue weighted by Crippen LogP contribution is -2.06. The van der Waals surface area contributed by atoms with E-state index in [1.807, 2.05) is 38.1 Å². The number of hydrogen-bond acceptors (Lipinski definition) is 1. The second-order valence-electron chi connectivity index (χ2n) is 2.55. The molecule has 0 unspecified atom stereocenters. The molecule has 0 fully saturated rings. The van der Waals surface area contributed by atoms with Crippen molar-refractivity contribution in [3.8, 4) is 0 Å². The molecule has 1 N–H and O–H groups in total. The van der Waals surface area contributed by atoms with E-state index in [0.717, 1.165) is 11.3 Å². The number of aryl methyl sites for hydroxylation is 1. The van der Waals surface area contributed by atoms with Gasteiger partial charge in [-0.25, -0.2) is 4.21 Å². The lowest BCUT2D eigenvalue weighted by atomic mass is 10.2. The van der Waals surface area contributed by atoms with Crippen molar-refractivity contribution in [1.29, 1.82) is 0 Å². The Morgan fingerprint density at radius 1 is 1.42 bits per heavy atom. The molecular weight excluding hydrogens is 170 g/mol. The van der Waals surface area contributed by atoms with Crippen molar-refractivity contribution in [2.24, 2.45) is 0 Å². The van der Waals surface area contributed by atoms with Crippen LogP contribution in [0.1, 0.15) is 12.5 Å². The molecule has 0 aromatic heterocycles. The van der Waals surface area contributed by atoms with Gasteiger partial charge in [0.15, 0.2) is 0 Å². The Labute approximate surface area is 75.6 Å². The first-order chi connectivity index (χ1) is 5.74. The maximum absolute atomic E-state index is 11.1. The van der Waals surface area contributed by atoms with Crippen molar-refractivity contribution >= 4 is 16.7 Å². The zero-order chi connectivity index (χ0) is 8.97. The fraction of sp³-hybridized carbons (Fsp3) is 0.333. The van der Waals surface area contributed by atoms with Gasteiger partial charge in [0.2, 0.25) is 0 Å². The second-order valence-corrected chi connectivity index (χ2v) is 4.02. The molecule has 0 amide bonds. The normalized spacial score (nSPS) is 12.5. The minimum absolute atomic E-state index is 0.633. The van der Waals surface area contributed by atoms with E-state index < -0.39 is 11.0 Å². The number of hydrogen-bond donors (Lipinski definition) is 1. The zero-order valence-electron chi connectivity index (χ0n) is 7.33. The summed E-state index contributed by atoms with van der Waals surface area (Å²) in [6.45, 7) is 3.89. The number of anilines is 1. The first-order valence-electron chi connectivity index (χ1n) is 3.94. The number of benzene rings is 1. The molecular formula is C9H13NOS.